The van der Waals surface area contributed by atoms with Crippen molar-refractivity contribution in [2.45, 2.75) is 6.10 Å². The molecule has 2 aromatic rings. The lowest BCUT2D eigenvalue weighted by molar-refractivity contribution is -0.123. The first-order valence-electron chi connectivity index (χ1n) is 7.90. The van der Waals surface area contributed by atoms with Crippen molar-refractivity contribution in [2.75, 3.05) is 13.2 Å². The Kier molecular flexibility index (Phi) is 5.98. The highest BCUT2D eigenvalue weighted by Crippen LogP contribution is 2.32. The number of carbonyl (C=O) groups is 2. The summed E-state index contributed by atoms with van der Waals surface area (Å²) in [6.45, 7) is -0.161. The SMILES string of the molecule is O=C1S/C(=C\c2ccccc2)C(=O)N1C[C@@H](O)COc1ccc(Cl)cc1. The quantitative estimate of drug-likeness (QED) is 0.761. The van der Waals surface area contributed by atoms with Crippen LogP contribution in [0.15, 0.2) is 59.5 Å². The molecule has 134 valence electrons. The molecule has 7 heteroatoms. The van der Waals surface area contributed by atoms with Crippen molar-refractivity contribution in [3.8, 4) is 5.75 Å². The van der Waals surface area contributed by atoms with Gasteiger partial charge in [0.15, 0.2) is 0 Å². The number of amides is 2. The number of carbonyl (C=O) groups excluding carboxylic acids is 2. The Bertz CT molecular complexity index is 823. The smallest absolute Gasteiger partial charge is 0.293 e. The molecular weight excluding hydrogens is 374 g/mol. The van der Waals surface area contributed by atoms with Crippen LogP contribution in [0.4, 0.5) is 4.79 Å². The van der Waals surface area contributed by atoms with Crippen molar-refractivity contribution in [1.29, 1.82) is 0 Å². The van der Waals surface area contributed by atoms with E-state index in [0.29, 0.717) is 15.7 Å². The van der Waals surface area contributed by atoms with Crippen molar-refractivity contribution in [3.05, 3.63) is 70.1 Å². The van der Waals surface area contributed by atoms with Crippen LogP contribution < -0.4 is 4.74 Å². The summed E-state index contributed by atoms with van der Waals surface area (Å²) in [5.41, 5.74) is 0.838. The fraction of sp³-hybridized carbons (Fsp3) is 0.158. The number of aliphatic hydroxyl groups excluding tert-OH is 1. The second kappa shape index (κ2) is 8.40. The summed E-state index contributed by atoms with van der Waals surface area (Å²) in [5, 5.41) is 10.3. The van der Waals surface area contributed by atoms with Crippen molar-refractivity contribution in [1.82, 2.24) is 4.90 Å². The number of hydrogen-bond donors (Lipinski definition) is 1. The number of ether oxygens (including phenoxy) is 1. The van der Waals surface area contributed by atoms with E-state index in [1.807, 2.05) is 30.3 Å². The lowest BCUT2D eigenvalue weighted by atomic mass is 10.2. The van der Waals surface area contributed by atoms with Gasteiger partial charge in [-0.15, -0.1) is 0 Å². The molecule has 0 spiro atoms. The van der Waals surface area contributed by atoms with Gasteiger partial charge in [-0.1, -0.05) is 41.9 Å². The zero-order valence-electron chi connectivity index (χ0n) is 13.7. The maximum atomic E-state index is 12.4. The Balaban J connectivity index is 1.58. The Hall–Kier alpha value is -2.28. The molecule has 1 heterocycles. The van der Waals surface area contributed by atoms with Crippen LogP contribution in [-0.4, -0.2) is 40.4 Å². The predicted molar refractivity (Wildman–Crippen MR) is 102 cm³/mol. The first-order valence-corrected chi connectivity index (χ1v) is 9.09. The third-order valence-corrected chi connectivity index (χ3v) is 4.78. The number of imide groups is 1. The fourth-order valence-corrected chi connectivity index (χ4v) is 3.32. The summed E-state index contributed by atoms with van der Waals surface area (Å²) in [6, 6.07) is 16.0. The van der Waals surface area contributed by atoms with E-state index in [4.69, 9.17) is 16.3 Å². The second-order valence-corrected chi connectivity index (χ2v) is 7.05. The Morgan fingerprint density at radius 3 is 2.50 bits per heavy atom. The lowest BCUT2D eigenvalue weighted by Crippen LogP contribution is -2.38. The van der Waals surface area contributed by atoms with Gasteiger partial charge in [0.25, 0.3) is 11.1 Å². The van der Waals surface area contributed by atoms with E-state index in [1.54, 1.807) is 30.3 Å². The zero-order valence-corrected chi connectivity index (χ0v) is 15.2. The Morgan fingerprint density at radius 2 is 1.81 bits per heavy atom. The number of β-amino-alcohol motifs (C(OH)–C–C–N with tert-alkyl or cyclic N) is 1. The minimum absolute atomic E-state index is 0.0406. The van der Waals surface area contributed by atoms with E-state index in [0.717, 1.165) is 22.2 Å². The number of hydrogen-bond acceptors (Lipinski definition) is 5. The molecule has 1 atom stereocenters. The Labute approximate surface area is 160 Å². The average Bonchev–Trinajstić information content (AvgIpc) is 2.89. The lowest BCUT2D eigenvalue weighted by Gasteiger charge is -2.18. The molecule has 1 N–H and O–H groups in total. The first-order chi connectivity index (χ1) is 12.5. The van der Waals surface area contributed by atoms with E-state index < -0.39 is 17.3 Å². The second-order valence-electron chi connectivity index (χ2n) is 5.62. The maximum Gasteiger partial charge on any atom is 0.293 e. The van der Waals surface area contributed by atoms with Crippen LogP contribution in [0.2, 0.25) is 5.02 Å². The number of nitrogens with zero attached hydrogens (tertiary/aromatic N) is 1. The summed E-state index contributed by atoms with van der Waals surface area (Å²) in [4.78, 5) is 25.9. The van der Waals surface area contributed by atoms with Gasteiger partial charge in [-0.2, -0.15) is 0 Å². The van der Waals surface area contributed by atoms with Gasteiger partial charge in [0, 0.05) is 5.02 Å². The largest absolute Gasteiger partial charge is 0.491 e. The predicted octanol–water partition coefficient (Wildman–Crippen LogP) is 3.82. The van der Waals surface area contributed by atoms with Crippen LogP contribution >= 0.6 is 23.4 Å². The number of halogens is 1. The molecule has 0 radical (unpaired) electrons. The molecule has 0 aliphatic carbocycles. The summed E-state index contributed by atoms with van der Waals surface area (Å²) in [7, 11) is 0. The topological polar surface area (TPSA) is 66.8 Å². The average molecular weight is 390 g/mol. The number of thioether (sulfide) groups is 1. The van der Waals surface area contributed by atoms with E-state index >= 15 is 0 Å². The van der Waals surface area contributed by atoms with Crippen molar-refractivity contribution in [3.63, 3.8) is 0 Å². The van der Waals surface area contributed by atoms with E-state index in [-0.39, 0.29) is 13.2 Å². The third-order valence-electron chi connectivity index (χ3n) is 3.62. The van der Waals surface area contributed by atoms with E-state index in [2.05, 4.69) is 0 Å². The Morgan fingerprint density at radius 1 is 1.12 bits per heavy atom. The van der Waals surface area contributed by atoms with Gasteiger partial charge < -0.3 is 9.84 Å². The van der Waals surface area contributed by atoms with Crippen LogP contribution in [-0.2, 0) is 4.79 Å². The van der Waals surface area contributed by atoms with Gasteiger partial charge in [-0.3, -0.25) is 14.5 Å². The van der Waals surface area contributed by atoms with Gasteiger partial charge in [0.2, 0.25) is 0 Å². The summed E-state index contributed by atoms with van der Waals surface area (Å²) < 4.78 is 5.45. The molecule has 1 aliphatic rings. The molecule has 5 nitrogen and oxygen atoms in total. The van der Waals surface area contributed by atoms with Gasteiger partial charge in [0.1, 0.15) is 18.5 Å². The molecule has 2 amide bonds. The van der Waals surface area contributed by atoms with Gasteiger partial charge in [-0.25, -0.2) is 0 Å². The summed E-state index contributed by atoms with van der Waals surface area (Å²) in [6.07, 6.45) is 0.678. The van der Waals surface area contributed by atoms with Crippen molar-refractivity contribution in [2.24, 2.45) is 0 Å². The fourth-order valence-electron chi connectivity index (χ4n) is 2.34. The molecule has 0 saturated carbocycles. The van der Waals surface area contributed by atoms with Gasteiger partial charge >= 0.3 is 0 Å². The van der Waals surface area contributed by atoms with Crippen LogP contribution in [0.3, 0.4) is 0 Å². The minimum Gasteiger partial charge on any atom is -0.491 e. The van der Waals surface area contributed by atoms with Crippen LogP contribution in [0, 0.1) is 0 Å². The van der Waals surface area contributed by atoms with Crippen LogP contribution in [0.25, 0.3) is 6.08 Å². The number of aliphatic hydroxyl groups is 1. The number of benzene rings is 2. The molecule has 1 fully saturated rings. The molecule has 1 saturated heterocycles. The van der Waals surface area contributed by atoms with Crippen LogP contribution in [0.1, 0.15) is 5.56 Å². The third kappa shape index (κ3) is 4.66. The van der Waals surface area contributed by atoms with Crippen molar-refractivity contribution >= 4 is 40.6 Å². The first kappa shape index (κ1) is 18.5. The summed E-state index contributed by atoms with van der Waals surface area (Å²) in [5.74, 6) is 0.140. The van der Waals surface area contributed by atoms with Crippen LogP contribution in [0.5, 0.6) is 5.75 Å². The van der Waals surface area contributed by atoms with Gasteiger partial charge in [0.05, 0.1) is 11.4 Å². The maximum absolute atomic E-state index is 12.4. The van der Waals surface area contributed by atoms with Gasteiger partial charge in [-0.05, 0) is 47.7 Å². The highest BCUT2D eigenvalue weighted by Gasteiger charge is 2.36. The summed E-state index contributed by atoms with van der Waals surface area (Å²) >= 11 is 6.66. The highest BCUT2D eigenvalue weighted by atomic mass is 35.5. The molecule has 2 aromatic carbocycles. The minimum atomic E-state index is -0.991. The normalized spacial score (nSPS) is 17.0. The van der Waals surface area contributed by atoms with Crippen molar-refractivity contribution < 1.29 is 19.4 Å². The number of rotatable bonds is 6. The zero-order chi connectivity index (χ0) is 18.5. The standard InChI is InChI=1S/C19H16ClNO4S/c20-14-6-8-16(9-7-14)25-12-15(22)11-21-18(23)17(26-19(21)24)10-13-4-2-1-3-5-13/h1-10,15,22H,11-12H2/b17-10-/t15-/m1/s1. The molecule has 0 unspecified atom stereocenters. The molecule has 1 aliphatic heterocycles. The molecule has 3 rings (SSSR count). The molecule has 26 heavy (non-hydrogen) atoms. The molecular formula is C19H16ClNO4S. The highest BCUT2D eigenvalue weighted by molar-refractivity contribution is 8.18. The molecule has 0 bridgehead atoms. The van der Waals surface area contributed by atoms with E-state index in [9.17, 15) is 14.7 Å². The molecule has 0 aromatic heterocycles. The van der Waals surface area contributed by atoms with E-state index in [1.165, 1.54) is 0 Å². The monoisotopic (exact) mass is 389 g/mol.